The molecule has 4 N–H and O–H groups in total. The average Bonchev–Trinajstić information content (AvgIpc) is 3.04. The number of benzene rings is 3. The van der Waals surface area contributed by atoms with Gasteiger partial charge in [-0.25, -0.2) is 0 Å². The minimum absolute atomic E-state index is 0.236. The molecule has 0 saturated carbocycles. The molecule has 0 aliphatic carbocycles. The fraction of sp³-hybridized carbons (Fsp3) is 0.361. The van der Waals surface area contributed by atoms with Crippen LogP contribution in [0.1, 0.15) is 49.8 Å². The Balaban J connectivity index is 1.65. The highest BCUT2D eigenvalue weighted by atomic mass is 16.2. The van der Waals surface area contributed by atoms with Gasteiger partial charge in [0, 0.05) is 31.8 Å². The molecule has 0 radical (unpaired) electrons. The van der Waals surface area contributed by atoms with Gasteiger partial charge in [-0.1, -0.05) is 105 Å². The highest BCUT2D eigenvalue weighted by molar-refractivity contribution is 5.97. The maximum absolute atomic E-state index is 13.4. The maximum atomic E-state index is 13.4. The highest BCUT2D eigenvalue weighted by Crippen LogP contribution is 2.12. The third-order valence-electron chi connectivity index (χ3n) is 7.11. The van der Waals surface area contributed by atoms with Gasteiger partial charge in [0.2, 0.25) is 5.91 Å². The largest absolute Gasteiger partial charge is 0.331 e. The summed E-state index contributed by atoms with van der Waals surface area (Å²) >= 11 is 0. The van der Waals surface area contributed by atoms with Crippen molar-refractivity contribution in [3.05, 3.63) is 120 Å². The van der Waals surface area contributed by atoms with Crippen molar-refractivity contribution in [3.63, 3.8) is 0 Å². The van der Waals surface area contributed by atoms with Gasteiger partial charge < -0.3 is 16.0 Å². The lowest BCUT2D eigenvalue weighted by atomic mass is 10.0. The van der Waals surface area contributed by atoms with Crippen molar-refractivity contribution in [1.82, 2.24) is 20.7 Å². The zero-order valence-electron chi connectivity index (χ0n) is 26.0. The molecule has 1 unspecified atom stereocenters. The predicted molar refractivity (Wildman–Crippen MR) is 176 cm³/mol. The molecule has 0 aromatic heterocycles. The van der Waals surface area contributed by atoms with Crippen LogP contribution in [0, 0.1) is 5.92 Å². The quantitative estimate of drug-likeness (QED) is 0.120. The summed E-state index contributed by atoms with van der Waals surface area (Å²) < 4.78 is 0. The third-order valence-corrected chi connectivity index (χ3v) is 7.11. The standard InChI is InChI=1S/C36H47N5O3/c1-29(2)26-33(38-24-12-20-30-14-6-3-7-15-30)36(44)39-41(25-13-23-37)35(43)22-21-34(42)40(27-31-16-8-4-9-17-31)28-32-18-10-5-11-19-32/h3-11,14-19,21-22,29,33,38H,12-13,20,23-28,37H2,1-2H3,(H,39,44)/b22-21+. The normalized spacial score (nSPS) is 11.8. The Morgan fingerprint density at radius 3 is 1.80 bits per heavy atom. The Labute approximate surface area is 262 Å². The van der Waals surface area contributed by atoms with Gasteiger partial charge in [0.05, 0.1) is 6.04 Å². The number of nitrogens with two attached hydrogens (primary N) is 1. The van der Waals surface area contributed by atoms with E-state index in [1.54, 1.807) is 4.90 Å². The van der Waals surface area contributed by atoms with Crippen LogP contribution >= 0.6 is 0 Å². The topological polar surface area (TPSA) is 108 Å². The van der Waals surface area contributed by atoms with Crippen LogP contribution in [0.15, 0.2) is 103 Å². The maximum Gasteiger partial charge on any atom is 0.265 e. The van der Waals surface area contributed by atoms with E-state index in [4.69, 9.17) is 5.73 Å². The van der Waals surface area contributed by atoms with Crippen LogP contribution < -0.4 is 16.5 Å². The molecule has 44 heavy (non-hydrogen) atoms. The van der Waals surface area contributed by atoms with Gasteiger partial charge >= 0.3 is 0 Å². The summed E-state index contributed by atoms with van der Waals surface area (Å²) in [5.41, 5.74) is 11.8. The summed E-state index contributed by atoms with van der Waals surface area (Å²) in [4.78, 5) is 41.7. The number of nitrogens with zero attached hydrogens (tertiary/aromatic N) is 2. The van der Waals surface area contributed by atoms with Crippen LogP contribution in [0.3, 0.4) is 0 Å². The van der Waals surface area contributed by atoms with Crippen molar-refractivity contribution in [2.75, 3.05) is 19.6 Å². The number of hydrogen-bond donors (Lipinski definition) is 3. The number of rotatable bonds is 17. The molecule has 0 aliphatic rings. The smallest absolute Gasteiger partial charge is 0.265 e. The molecule has 0 bridgehead atoms. The molecule has 3 amide bonds. The van der Waals surface area contributed by atoms with Gasteiger partial charge in [-0.2, -0.15) is 0 Å². The van der Waals surface area contributed by atoms with Gasteiger partial charge in [0.1, 0.15) is 0 Å². The van der Waals surface area contributed by atoms with E-state index in [1.165, 1.54) is 22.7 Å². The van der Waals surface area contributed by atoms with Gasteiger partial charge in [0.25, 0.3) is 11.8 Å². The SMILES string of the molecule is CC(C)CC(NCCCc1ccccc1)C(=O)NN(CCCN)C(=O)/C=C/C(=O)N(Cc1ccccc1)Cc1ccccc1. The van der Waals surface area contributed by atoms with Crippen molar-refractivity contribution in [3.8, 4) is 0 Å². The molecule has 3 aromatic rings. The third kappa shape index (κ3) is 12.5. The number of nitrogens with one attached hydrogen (secondary N) is 2. The fourth-order valence-electron chi connectivity index (χ4n) is 4.81. The van der Waals surface area contributed by atoms with Crippen LogP contribution in [0.4, 0.5) is 0 Å². The molecule has 0 fully saturated rings. The Morgan fingerprint density at radius 1 is 0.750 bits per heavy atom. The first-order valence-electron chi connectivity index (χ1n) is 15.5. The first kappa shape index (κ1) is 34.2. The lowest BCUT2D eigenvalue weighted by molar-refractivity contribution is -0.139. The minimum Gasteiger partial charge on any atom is -0.331 e. The molecule has 0 heterocycles. The van der Waals surface area contributed by atoms with Crippen LogP contribution in [-0.4, -0.2) is 53.3 Å². The molecule has 0 saturated heterocycles. The number of hydrazine groups is 1. The van der Waals surface area contributed by atoms with Crippen LogP contribution in [0.5, 0.6) is 0 Å². The number of carbonyl (C=O) groups excluding carboxylic acids is 3. The summed E-state index contributed by atoms with van der Waals surface area (Å²) in [6.07, 6.45) is 5.43. The molecular weight excluding hydrogens is 550 g/mol. The van der Waals surface area contributed by atoms with Crippen molar-refractivity contribution < 1.29 is 14.4 Å². The van der Waals surface area contributed by atoms with Crippen molar-refractivity contribution >= 4 is 17.7 Å². The van der Waals surface area contributed by atoms with E-state index >= 15 is 0 Å². The van der Waals surface area contributed by atoms with Crippen molar-refractivity contribution in [1.29, 1.82) is 0 Å². The number of amides is 3. The minimum atomic E-state index is -0.480. The van der Waals surface area contributed by atoms with E-state index < -0.39 is 11.9 Å². The number of carbonyl (C=O) groups is 3. The van der Waals surface area contributed by atoms with E-state index in [-0.39, 0.29) is 24.3 Å². The highest BCUT2D eigenvalue weighted by Gasteiger charge is 2.23. The molecule has 8 heteroatoms. The van der Waals surface area contributed by atoms with Crippen LogP contribution in [-0.2, 0) is 33.9 Å². The Kier molecular flexibility index (Phi) is 14.9. The molecule has 1 atom stereocenters. The van der Waals surface area contributed by atoms with Gasteiger partial charge in [-0.3, -0.25) is 24.8 Å². The second-order valence-corrected chi connectivity index (χ2v) is 11.3. The predicted octanol–water partition coefficient (Wildman–Crippen LogP) is 4.62. The lowest BCUT2D eigenvalue weighted by Gasteiger charge is -2.26. The Hall–Kier alpha value is -4.27. The second kappa shape index (κ2) is 19.1. The first-order valence-corrected chi connectivity index (χ1v) is 15.5. The fourth-order valence-corrected chi connectivity index (χ4v) is 4.81. The summed E-state index contributed by atoms with van der Waals surface area (Å²) in [6.45, 7) is 6.18. The van der Waals surface area contributed by atoms with E-state index in [1.807, 2.05) is 78.9 Å². The summed E-state index contributed by atoms with van der Waals surface area (Å²) in [7, 11) is 0. The Morgan fingerprint density at radius 2 is 1.27 bits per heavy atom. The van der Waals surface area contributed by atoms with Gasteiger partial charge in [0.15, 0.2) is 0 Å². The zero-order valence-corrected chi connectivity index (χ0v) is 26.0. The summed E-state index contributed by atoms with van der Waals surface area (Å²) in [5.74, 6) is -0.780. The first-order chi connectivity index (χ1) is 21.4. The van der Waals surface area contributed by atoms with Crippen molar-refractivity contribution in [2.45, 2.75) is 58.7 Å². The monoisotopic (exact) mass is 597 g/mol. The number of aryl methyl sites for hydroxylation is 1. The van der Waals surface area contributed by atoms with E-state index in [9.17, 15) is 14.4 Å². The van der Waals surface area contributed by atoms with Gasteiger partial charge in [-0.15, -0.1) is 0 Å². The molecule has 3 aromatic carbocycles. The molecule has 234 valence electrons. The molecule has 3 rings (SSSR count). The molecular formula is C36H47N5O3. The molecule has 0 aliphatic heterocycles. The van der Waals surface area contributed by atoms with Gasteiger partial charge in [-0.05, 0) is 61.4 Å². The summed E-state index contributed by atoms with van der Waals surface area (Å²) in [6, 6.07) is 29.2. The average molecular weight is 598 g/mol. The Bertz CT molecular complexity index is 1260. The summed E-state index contributed by atoms with van der Waals surface area (Å²) in [5, 5.41) is 4.64. The second-order valence-electron chi connectivity index (χ2n) is 11.3. The molecule has 8 nitrogen and oxygen atoms in total. The van der Waals surface area contributed by atoms with Crippen LogP contribution in [0.25, 0.3) is 0 Å². The zero-order chi connectivity index (χ0) is 31.6. The van der Waals surface area contributed by atoms with Crippen LogP contribution in [0.2, 0.25) is 0 Å². The van der Waals surface area contributed by atoms with E-state index in [0.29, 0.717) is 39.0 Å². The van der Waals surface area contributed by atoms with E-state index in [2.05, 4.69) is 36.7 Å². The lowest BCUT2D eigenvalue weighted by Crippen LogP contribution is -2.53. The number of hydrogen-bond acceptors (Lipinski definition) is 5. The molecule has 0 spiro atoms. The van der Waals surface area contributed by atoms with Crippen molar-refractivity contribution in [2.24, 2.45) is 11.7 Å². The van der Waals surface area contributed by atoms with E-state index in [0.717, 1.165) is 24.0 Å².